The normalized spacial score (nSPS) is 16.5. The van der Waals surface area contributed by atoms with Crippen LogP contribution in [0, 0.1) is 0 Å². The van der Waals surface area contributed by atoms with Gasteiger partial charge in [0, 0.05) is 19.3 Å². The maximum absolute atomic E-state index is 11.6. The molecule has 2 aromatic heterocycles. The second kappa shape index (κ2) is 4.89. The van der Waals surface area contributed by atoms with Crippen molar-refractivity contribution in [3.63, 3.8) is 0 Å². The van der Waals surface area contributed by atoms with Crippen LogP contribution in [0.25, 0.3) is 5.65 Å². The molecule has 0 spiro atoms. The number of amides is 1. The predicted octanol–water partition coefficient (Wildman–Crippen LogP) is 0.153. The molecule has 0 aliphatic carbocycles. The summed E-state index contributed by atoms with van der Waals surface area (Å²) in [6.07, 6.45) is 2.75. The number of hydrogen-bond acceptors (Lipinski definition) is 4. The number of aliphatic hydroxyl groups is 1. The number of pyridine rings is 1. The Morgan fingerprint density at radius 2 is 2.32 bits per heavy atom. The SMILES string of the molecule is O=C1CN(c2nc3ccccn3c2CO)CCCN1. The average Bonchev–Trinajstić information content (AvgIpc) is 2.66. The third kappa shape index (κ3) is 2.15. The molecule has 6 nitrogen and oxygen atoms in total. The second-order valence-electron chi connectivity index (χ2n) is 4.59. The lowest BCUT2D eigenvalue weighted by atomic mass is 10.3. The second-order valence-corrected chi connectivity index (χ2v) is 4.59. The van der Waals surface area contributed by atoms with E-state index in [9.17, 15) is 9.90 Å². The molecule has 1 aliphatic rings. The molecule has 0 unspecified atom stereocenters. The Balaban J connectivity index is 2.05. The minimum Gasteiger partial charge on any atom is -0.390 e. The topological polar surface area (TPSA) is 69.9 Å². The van der Waals surface area contributed by atoms with Crippen molar-refractivity contribution < 1.29 is 9.90 Å². The van der Waals surface area contributed by atoms with Crippen LogP contribution in [-0.4, -0.2) is 40.0 Å². The van der Waals surface area contributed by atoms with Crippen LogP contribution in [0.5, 0.6) is 0 Å². The summed E-state index contributed by atoms with van der Waals surface area (Å²) in [5.74, 6) is 0.698. The fourth-order valence-corrected chi connectivity index (χ4v) is 2.42. The highest BCUT2D eigenvalue weighted by atomic mass is 16.3. The first-order chi connectivity index (χ1) is 9.29. The number of fused-ring (bicyclic) bond motifs is 1. The van der Waals surface area contributed by atoms with Crippen molar-refractivity contribution in [2.75, 3.05) is 24.5 Å². The van der Waals surface area contributed by atoms with E-state index < -0.39 is 0 Å². The Morgan fingerprint density at radius 1 is 1.42 bits per heavy atom. The third-order valence-corrected chi connectivity index (χ3v) is 3.32. The Morgan fingerprint density at radius 3 is 3.16 bits per heavy atom. The highest BCUT2D eigenvalue weighted by Crippen LogP contribution is 2.22. The molecule has 19 heavy (non-hydrogen) atoms. The van der Waals surface area contributed by atoms with Crippen molar-refractivity contribution in [3.8, 4) is 0 Å². The van der Waals surface area contributed by atoms with E-state index in [-0.39, 0.29) is 19.1 Å². The van der Waals surface area contributed by atoms with Crippen LogP contribution in [0.15, 0.2) is 24.4 Å². The predicted molar refractivity (Wildman–Crippen MR) is 71.0 cm³/mol. The van der Waals surface area contributed by atoms with Gasteiger partial charge in [0.05, 0.1) is 18.8 Å². The summed E-state index contributed by atoms with van der Waals surface area (Å²) >= 11 is 0. The van der Waals surface area contributed by atoms with E-state index in [1.54, 1.807) is 0 Å². The maximum atomic E-state index is 11.6. The van der Waals surface area contributed by atoms with Gasteiger partial charge in [-0.2, -0.15) is 0 Å². The molecule has 100 valence electrons. The van der Waals surface area contributed by atoms with Crippen LogP contribution in [0.4, 0.5) is 5.82 Å². The summed E-state index contributed by atoms with van der Waals surface area (Å²) in [4.78, 5) is 18.1. The molecular formula is C13H16N4O2. The third-order valence-electron chi connectivity index (χ3n) is 3.32. The van der Waals surface area contributed by atoms with Crippen molar-refractivity contribution in [2.24, 2.45) is 0 Å². The molecule has 0 atom stereocenters. The van der Waals surface area contributed by atoms with Crippen LogP contribution in [-0.2, 0) is 11.4 Å². The van der Waals surface area contributed by atoms with E-state index >= 15 is 0 Å². The first-order valence-electron chi connectivity index (χ1n) is 6.38. The molecule has 1 fully saturated rings. The van der Waals surface area contributed by atoms with Crippen LogP contribution >= 0.6 is 0 Å². The molecule has 6 heteroatoms. The summed E-state index contributed by atoms with van der Waals surface area (Å²) < 4.78 is 1.86. The quantitative estimate of drug-likeness (QED) is 0.806. The zero-order valence-corrected chi connectivity index (χ0v) is 10.5. The highest BCUT2D eigenvalue weighted by molar-refractivity contribution is 5.81. The maximum Gasteiger partial charge on any atom is 0.239 e. The minimum absolute atomic E-state index is 0.00144. The lowest BCUT2D eigenvalue weighted by Gasteiger charge is -2.19. The van der Waals surface area contributed by atoms with E-state index in [1.807, 2.05) is 33.7 Å². The van der Waals surface area contributed by atoms with Gasteiger partial charge in [-0.25, -0.2) is 4.98 Å². The van der Waals surface area contributed by atoms with E-state index in [0.29, 0.717) is 12.4 Å². The molecule has 0 radical (unpaired) electrons. The van der Waals surface area contributed by atoms with E-state index in [2.05, 4.69) is 10.3 Å². The Hall–Kier alpha value is -2.08. The van der Waals surface area contributed by atoms with E-state index in [4.69, 9.17) is 0 Å². The van der Waals surface area contributed by atoms with Gasteiger partial charge in [-0.05, 0) is 18.6 Å². The van der Waals surface area contributed by atoms with Gasteiger partial charge < -0.3 is 15.3 Å². The van der Waals surface area contributed by atoms with Crippen LogP contribution in [0.2, 0.25) is 0 Å². The van der Waals surface area contributed by atoms with Crippen molar-refractivity contribution in [2.45, 2.75) is 13.0 Å². The van der Waals surface area contributed by atoms with Crippen molar-refractivity contribution in [1.82, 2.24) is 14.7 Å². The lowest BCUT2D eigenvalue weighted by molar-refractivity contribution is -0.119. The fraction of sp³-hybridized carbons (Fsp3) is 0.385. The minimum atomic E-state index is -0.0986. The average molecular weight is 260 g/mol. The molecule has 1 saturated heterocycles. The molecule has 3 heterocycles. The van der Waals surface area contributed by atoms with Gasteiger partial charge in [0.2, 0.25) is 5.91 Å². The van der Waals surface area contributed by atoms with E-state index in [1.165, 1.54) is 0 Å². The first kappa shape index (κ1) is 12.0. The summed E-state index contributed by atoms with van der Waals surface area (Å²) in [6.45, 7) is 1.64. The van der Waals surface area contributed by atoms with Crippen LogP contribution in [0.1, 0.15) is 12.1 Å². The highest BCUT2D eigenvalue weighted by Gasteiger charge is 2.21. The van der Waals surface area contributed by atoms with Crippen LogP contribution in [0.3, 0.4) is 0 Å². The monoisotopic (exact) mass is 260 g/mol. The van der Waals surface area contributed by atoms with Gasteiger partial charge in [0.25, 0.3) is 0 Å². The van der Waals surface area contributed by atoms with Crippen molar-refractivity contribution in [3.05, 3.63) is 30.1 Å². The molecule has 0 saturated carbocycles. The summed E-state index contributed by atoms with van der Waals surface area (Å²) in [5, 5.41) is 12.4. The molecule has 1 aliphatic heterocycles. The Labute approximate surface area is 110 Å². The first-order valence-corrected chi connectivity index (χ1v) is 6.38. The number of carbonyl (C=O) groups excluding carboxylic acids is 1. The smallest absolute Gasteiger partial charge is 0.239 e. The van der Waals surface area contributed by atoms with Crippen molar-refractivity contribution in [1.29, 1.82) is 0 Å². The summed E-state index contributed by atoms with van der Waals surface area (Å²) in [5.41, 5.74) is 1.51. The molecule has 0 bridgehead atoms. The molecule has 3 rings (SSSR count). The zero-order valence-electron chi connectivity index (χ0n) is 10.5. The number of hydrogen-bond donors (Lipinski definition) is 2. The van der Waals surface area contributed by atoms with Gasteiger partial charge in [-0.15, -0.1) is 0 Å². The Bertz CT molecular complexity index is 608. The molecular weight excluding hydrogens is 244 g/mol. The van der Waals surface area contributed by atoms with Gasteiger partial charge in [0.1, 0.15) is 5.65 Å². The molecule has 2 aromatic rings. The largest absolute Gasteiger partial charge is 0.390 e. The van der Waals surface area contributed by atoms with E-state index in [0.717, 1.165) is 24.3 Å². The Kier molecular flexibility index (Phi) is 3.08. The number of rotatable bonds is 2. The number of nitrogens with zero attached hydrogens (tertiary/aromatic N) is 3. The molecule has 1 amide bonds. The molecule has 2 N–H and O–H groups in total. The summed E-state index contributed by atoms with van der Waals surface area (Å²) in [7, 11) is 0. The zero-order chi connectivity index (χ0) is 13.2. The number of imidazole rings is 1. The number of aromatic nitrogens is 2. The van der Waals surface area contributed by atoms with Gasteiger partial charge >= 0.3 is 0 Å². The standard InChI is InChI=1S/C13H16N4O2/c18-9-10-13(15-11-4-1-2-7-17(10)11)16-6-3-5-14-12(19)8-16/h1-2,4,7,18H,3,5-6,8-9H2,(H,14,19). The number of carbonyl (C=O) groups is 1. The number of anilines is 1. The fourth-order valence-electron chi connectivity index (χ4n) is 2.42. The van der Waals surface area contributed by atoms with Gasteiger partial charge in [-0.3, -0.25) is 9.20 Å². The van der Waals surface area contributed by atoms with Crippen molar-refractivity contribution >= 4 is 17.4 Å². The number of aliphatic hydroxyl groups excluding tert-OH is 1. The summed E-state index contributed by atoms with van der Waals surface area (Å²) in [6, 6.07) is 5.69. The van der Waals surface area contributed by atoms with Gasteiger partial charge in [-0.1, -0.05) is 6.07 Å². The van der Waals surface area contributed by atoms with Gasteiger partial charge in [0.15, 0.2) is 5.82 Å². The molecule has 0 aromatic carbocycles. The number of nitrogens with one attached hydrogen (secondary N) is 1. The van der Waals surface area contributed by atoms with Crippen LogP contribution < -0.4 is 10.2 Å². The lowest BCUT2D eigenvalue weighted by Crippen LogP contribution is -2.33.